The first-order valence-corrected chi connectivity index (χ1v) is 7.85. The van der Waals surface area contributed by atoms with Gasteiger partial charge in [0.05, 0.1) is 17.4 Å². The fourth-order valence-corrected chi connectivity index (χ4v) is 3.08. The van der Waals surface area contributed by atoms with Gasteiger partial charge in [0.15, 0.2) is 0 Å². The fourth-order valence-electron chi connectivity index (χ4n) is 2.34. The normalized spacial score (nSPS) is 12.8. The van der Waals surface area contributed by atoms with Crippen LogP contribution in [0, 0.1) is 6.92 Å². The van der Waals surface area contributed by atoms with E-state index in [2.05, 4.69) is 48.7 Å². The summed E-state index contributed by atoms with van der Waals surface area (Å²) in [4.78, 5) is 1.38. The number of rotatable bonds is 6. The van der Waals surface area contributed by atoms with Gasteiger partial charge in [0.25, 0.3) is 0 Å². The van der Waals surface area contributed by atoms with Crippen LogP contribution in [0.3, 0.4) is 0 Å². The van der Waals surface area contributed by atoms with Crippen LogP contribution in [0.15, 0.2) is 17.5 Å². The lowest BCUT2D eigenvalue weighted by molar-refractivity contribution is 0.552. The van der Waals surface area contributed by atoms with Crippen LogP contribution in [0.25, 0.3) is 0 Å². The van der Waals surface area contributed by atoms with Gasteiger partial charge in [0.1, 0.15) is 0 Å². The summed E-state index contributed by atoms with van der Waals surface area (Å²) in [7, 11) is 2.04. The molecule has 0 saturated heterocycles. The van der Waals surface area contributed by atoms with E-state index in [-0.39, 0.29) is 6.04 Å². The van der Waals surface area contributed by atoms with Crippen molar-refractivity contribution in [1.29, 1.82) is 0 Å². The Labute approximate surface area is 119 Å². The van der Waals surface area contributed by atoms with Gasteiger partial charge in [0, 0.05) is 11.9 Å². The lowest BCUT2D eigenvalue weighted by atomic mass is 10.0. The number of aromatic nitrogens is 2. The minimum atomic E-state index is 0.254. The Morgan fingerprint density at radius 3 is 2.74 bits per heavy atom. The molecule has 0 aliphatic rings. The third-order valence-corrected chi connectivity index (χ3v) is 4.29. The molecule has 0 fully saturated rings. The molecule has 104 valence electrons. The number of aryl methyl sites for hydroxylation is 3. The molecule has 2 rings (SSSR count). The van der Waals surface area contributed by atoms with Gasteiger partial charge in [-0.2, -0.15) is 5.10 Å². The van der Waals surface area contributed by atoms with E-state index in [1.807, 2.05) is 23.1 Å². The number of hydrogen-bond acceptors (Lipinski definition) is 3. The van der Waals surface area contributed by atoms with E-state index in [1.165, 1.54) is 16.1 Å². The highest BCUT2D eigenvalue weighted by Gasteiger charge is 2.20. The molecule has 0 amide bonds. The monoisotopic (exact) mass is 277 g/mol. The minimum absolute atomic E-state index is 0.254. The molecule has 1 N–H and O–H groups in total. The van der Waals surface area contributed by atoms with Crippen LogP contribution >= 0.6 is 11.3 Å². The van der Waals surface area contributed by atoms with Crippen molar-refractivity contribution in [1.82, 2.24) is 15.1 Å². The van der Waals surface area contributed by atoms with E-state index < -0.39 is 0 Å². The second-order valence-electron chi connectivity index (χ2n) is 4.86. The van der Waals surface area contributed by atoms with Crippen molar-refractivity contribution in [3.63, 3.8) is 0 Å². The quantitative estimate of drug-likeness (QED) is 0.876. The highest BCUT2D eigenvalue weighted by atomic mass is 32.1. The topological polar surface area (TPSA) is 29.9 Å². The number of hydrogen-bond donors (Lipinski definition) is 1. The maximum absolute atomic E-state index is 4.58. The molecular formula is C15H23N3S. The zero-order valence-corrected chi connectivity index (χ0v) is 13.0. The van der Waals surface area contributed by atoms with Crippen molar-refractivity contribution in [3.8, 4) is 0 Å². The smallest absolute Gasteiger partial charge is 0.0758 e. The van der Waals surface area contributed by atoms with E-state index in [1.54, 1.807) is 0 Å². The van der Waals surface area contributed by atoms with Crippen LogP contribution in [0.1, 0.15) is 48.1 Å². The van der Waals surface area contributed by atoms with Gasteiger partial charge in [-0.25, -0.2) is 0 Å². The Kier molecular flexibility index (Phi) is 4.77. The van der Waals surface area contributed by atoms with E-state index in [4.69, 9.17) is 0 Å². The molecule has 0 aromatic carbocycles. The van der Waals surface area contributed by atoms with Gasteiger partial charge in [-0.3, -0.25) is 4.68 Å². The fraction of sp³-hybridized carbons (Fsp3) is 0.533. The molecule has 4 heteroatoms. The average Bonchev–Trinajstić information content (AvgIpc) is 2.98. The Morgan fingerprint density at radius 2 is 2.21 bits per heavy atom. The van der Waals surface area contributed by atoms with Gasteiger partial charge in [-0.05, 0) is 49.4 Å². The summed E-state index contributed by atoms with van der Waals surface area (Å²) in [6.45, 7) is 7.56. The van der Waals surface area contributed by atoms with Crippen LogP contribution in [-0.2, 0) is 13.5 Å². The van der Waals surface area contributed by atoms with E-state index in [0.717, 1.165) is 25.1 Å². The van der Waals surface area contributed by atoms with Crippen molar-refractivity contribution in [2.75, 3.05) is 6.54 Å². The first-order chi connectivity index (χ1) is 9.17. The Balaban J connectivity index is 2.36. The van der Waals surface area contributed by atoms with Crippen molar-refractivity contribution in [2.45, 2.75) is 39.7 Å². The van der Waals surface area contributed by atoms with Crippen molar-refractivity contribution >= 4 is 11.3 Å². The summed E-state index contributed by atoms with van der Waals surface area (Å²) in [5, 5.41) is 10.4. The molecule has 2 heterocycles. The third-order valence-electron chi connectivity index (χ3n) is 3.43. The molecule has 0 aliphatic carbocycles. The molecule has 3 nitrogen and oxygen atoms in total. The largest absolute Gasteiger partial charge is 0.305 e. The summed E-state index contributed by atoms with van der Waals surface area (Å²) in [6, 6.07) is 4.71. The summed E-state index contributed by atoms with van der Waals surface area (Å²) in [6.07, 6.45) is 2.12. The second-order valence-corrected chi connectivity index (χ2v) is 5.98. The number of nitrogens with zero attached hydrogens (tertiary/aromatic N) is 2. The Bertz CT molecular complexity index is 527. The highest BCUT2D eigenvalue weighted by molar-refractivity contribution is 7.10. The van der Waals surface area contributed by atoms with Crippen LogP contribution in [-0.4, -0.2) is 16.3 Å². The van der Waals surface area contributed by atoms with Crippen LogP contribution in [0.5, 0.6) is 0 Å². The molecule has 0 radical (unpaired) electrons. The predicted octanol–water partition coefficient (Wildman–Crippen LogP) is 3.44. The van der Waals surface area contributed by atoms with Crippen molar-refractivity contribution < 1.29 is 0 Å². The van der Waals surface area contributed by atoms with Gasteiger partial charge in [-0.15, -0.1) is 11.3 Å². The molecule has 2 aromatic heterocycles. The van der Waals surface area contributed by atoms with Crippen LogP contribution < -0.4 is 5.32 Å². The Morgan fingerprint density at radius 1 is 1.42 bits per heavy atom. The standard InChI is InChI=1S/C15H23N3S/c1-5-8-16-15(13-7-9-19-11(13)3)14-10-12(6-2)17-18(14)4/h7,9-10,15-16H,5-6,8H2,1-4H3. The minimum Gasteiger partial charge on any atom is -0.305 e. The van der Waals surface area contributed by atoms with Gasteiger partial charge in [0.2, 0.25) is 0 Å². The first-order valence-electron chi connectivity index (χ1n) is 6.97. The molecule has 0 saturated carbocycles. The maximum atomic E-state index is 4.58. The molecule has 1 atom stereocenters. The van der Waals surface area contributed by atoms with Crippen molar-refractivity contribution in [2.24, 2.45) is 7.05 Å². The SMILES string of the molecule is CCCNC(c1ccsc1C)c1cc(CC)nn1C. The van der Waals surface area contributed by atoms with E-state index >= 15 is 0 Å². The number of nitrogens with one attached hydrogen (secondary N) is 1. The maximum Gasteiger partial charge on any atom is 0.0758 e. The van der Waals surface area contributed by atoms with E-state index in [0.29, 0.717) is 0 Å². The zero-order chi connectivity index (χ0) is 13.8. The van der Waals surface area contributed by atoms with Crippen LogP contribution in [0.2, 0.25) is 0 Å². The zero-order valence-electron chi connectivity index (χ0n) is 12.2. The predicted molar refractivity (Wildman–Crippen MR) is 81.8 cm³/mol. The van der Waals surface area contributed by atoms with Gasteiger partial charge < -0.3 is 5.32 Å². The average molecular weight is 277 g/mol. The summed E-state index contributed by atoms with van der Waals surface area (Å²) in [5.41, 5.74) is 3.80. The molecule has 19 heavy (non-hydrogen) atoms. The molecule has 0 spiro atoms. The molecule has 2 aromatic rings. The van der Waals surface area contributed by atoms with Crippen molar-refractivity contribution in [3.05, 3.63) is 39.3 Å². The first kappa shape index (κ1) is 14.3. The lowest BCUT2D eigenvalue weighted by Crippen LogP contribution is -2.25. The second kappa shape index (κ2) is 6.35. The molecule has 0 aliphatic heterocycles. The van der Waals surface area contributed by atoms with Gasteiger partial charge >= 0.3 is 0 Å². The third kappa shape index (κ3) is 3.07. The van der Waals surface area contributed by atoms with Crippen LogP contribution in [0.4, 0.5) is 0 Å². The lowest BCUT2D eigenvalue weighted by Gasteiger charge is -2.19. The Hall–Kier alpha value is -1.13. The summed E-state index contributed by atoms with van der Waals surface area (Å²) in [5.74, 6) is 0. The molecule has 1 unspecified atom stereocenters. The number of thiophene rings is 1. The van der Waals surface area contributed by atoms with E-state index in [9.17, 15) is 0 Å². The summed E-state index contributed by atoms with van der Waals surface area (Å²) < 4.78 is 2.02. The van der Waals surface area contributed by atoms with Gasteiger partial charge in [-0.1, -0.05) is 13.8 Å². The molecule has 0 bridgehead atoms. The molecular weight excluding hydrogens is 254 g/mol. The summed E-state index contributed by atoms with van der Waals surface area (Å²) >= 11 is 1.81. The highest BCUT2D eigenvalue weighted by Crippen LogP contribution is 2.28.